The van der Waals surface area contributed by atoms with Crippen LogP contribution in [0.3, 0.4) is 0 Å². The molecule has 0 aliphatic carbocycles. The van der Waals surface area contributed by atoms with Crippen molar-refractivity contribution >= 4 is 101 Å². The van der Waals surface area contributed by atoms with E-state index in [-0.39, 0.29) is 182 Å². The third kappa shape index (κ3) is 39.1. The Bertz CT molecular complexity index is 3830. The Balaban J connectivity index is 0.0000248. The topological polar surface area (TPSA) is 542 Å². The van der Waals surface area contributed by atoms with Crippen LogP contribution in [0.4, 0.5) is 19.2 Å². The lowest BCUT2D eigenvalue weighted by Crippen LogP contribution is -2.52. The molecule has 6 rings (SSSR count). The summed E-state index contributed by atoms with van der Waals surface area (Å²) in [5.41, 5.74) is 28.0. The molecular weight excluding hydrogens is 1550 g/mol. The second-order valence-electron chi connectivity index (χ2n) is 26.9. The smallest absolute Gasteiger partial charge is 0.408 e. The molecule has 118 heavy (non-hydrogen) atoms. The molecule has 0 aliphatic heterocycles. The van der Waals surface area contributed by atoms with Gasteiger partial charge < -0.3 is 121 Å². The van der Waals surface area contributed by atoms with Crippen LogP contribution in [0.1, 0.15) is 72.9 Å². The van der Waals surface area contributed by atoms with Crippen molar-refractivity contribution in [2.75, 3.05) is 118 Å². The highest BCUT2D eigenvalue weighted by Crippen LogP contribution is 2.17. The molecule has 0 saturated heterocycles. The Kier molecular flexibility index (Phi) is 46.1. The summed E-state index contributed by atoms with van der Waals surface area (Å²) in [6, 6.07) is 39.8. The number of H-pyrrole nitrogens is 1. The van der Waals surface area contributed by atoms with E-state index in [1.54, 1.807) is 102 Å². The maximum Gasteiger partial charge on any atom is 0.408 e. The fourth-order valence-corrected chi connectivity index (χ4v) is 11.6. The largest absolute Gasteiger partial charge is 0.445 e. The normalized spacial score (nSPS) is 12.1. The third-order valence-electron chi connectivity index (χ3n) is 18.0. The van der Waals surface area contributed by atoms with E-state index in [9.17, 15) is 62.3 Å². The maximum atomic E-state index is 14.8. The molecule has 0 radical (unpaired) electrons. The lowest BCUT2D eigenvalue weighted by Gasteiger charge is -2.31. The van der Waals surface area contributed by atoms with Gasteiger partial charge in [-0.3, -0.25) is 48.1 Å². The van der Waals surface area contributed by atoms with Crippen molar-refractivity contribution in [3.63, 3.8) is 0 Å². The number of para-hydroxylation sites is 1. The summed E-state index contributed by atoms with van der Waals surface area (Å²) in [5.74, 6) is -4.65. The number of nitrogens with zero attached hydrogens (tertiary/aromatic N) is 2. The van der Waals surface area contributed by atoms with Crippen LogP contribution < -0.4 is 92.1 Å². The van der Waals surface area contributed by atoms with Crippen LogP contribution in [-0.2, 0) is 94.9 Å². The minimum Gasteiger partial charge on any atom is -0.445 e. The molecule has 0 bridgehead atoms. The molecular formula is C80H113ClN20O17. The van der Waals surface area contributed by atoms with Gasteiger partial charge in [-0.1, -0.05) is 146 Å². The summed E-state index contributed by atoms with van der Waals surface area (Å²) in [7, 11) is 0. The van der Waals surface area contributed by atoms with Crippen molar-refractivity contribution in [2.45, 2.75) is 108 Å². The highest BCUT2D eigenvalue weighted by molar-refractivity contribution is 5.89. The van der Waals surface area contributed by atoms with E-state index >= 15 is 0 Å². The van der Waals surface area contributed by atoms with Crippen LogP contribution in [0.2, 0.25) is 0 Å². The van der Waals surface area contributed by atoms with Gasteiger partial charge in [-0.15, -0.1) is 12.4 Å². The average molecular weight is 1660 g/mol. The summed E-state index contributed by atoms with van der Waals surface area (Å²) in [5, 5.41) is 35.5. The van der Waals surface area contributed by atoms with Crippen LogP contribution in [0.15, 0.2) is 152 Å². The first kappa shape index (κ1) is 96.6. The van der Waals surface area contributed by atoms with Crippen LogP contribution >= 0.6 is 12.4 Å². The lowest BCUT2D eigenvalue weighted by atomic mass is 10.0. The number of alkyl carbamates (subject to hydrolysis) is 4. The minimum atomic E-state index is -1.16. The first-order chi connectivity index (χ1) is 56.7. The summed E-state index contributed by atoms with van der Waals surface area (Å²) in [6.45, 7) is -0.836. The van der Waals surface area contributed by atoms with Crippen molar-refractivity contribution < 1.29 is 81.3 Å². The van der Waals surface area contributed by atoms with E-state index in [0.717, 1.165) is 38.9 Å². The van der Waals surface area contributed by atoms with Gasteiger partial charge in [0.1, 0.15) is 50.6 Å². The van der Waals surface area contributed by atoms with Crippen LogP contribution in [0, 0.1) is 0 Å². The van der Waals surface area contributed by atoms with E-state index in [0.29, 0.717) is 25.8 Å². The molecule has 22 N–H and O–H groups in total. The number of carbonyl (C=O) groups is 13. The average Bonchev–Trinajstić information content (AvgIpc) is 1.69. The summed E-state index contributed by atoms with van der Waals surface area (Å²) in [4.78, 5) is 179. The molecule has 5 aromatic carbocycles. The molecule has 0 spiro atoms. The predicted molar refractivity (Wildman–Crippen MR) is 441 cm³/mol. The van der Waals surface area contributed by atoms with Gasteiger partial charge in [0.05, 0.1) is 6.04 Å². The van der Waals surface area contributed by atoms with Crippen molar-refractivity contribution in [3.8, 4) is 0 Å². The van der Waals surface area contributed by atoms with E-state index in [1.165, 1.54) is 0 Å². The zero-order valence-electron chi connectivity index (χ0n) is 66.1. The number of unbranched alkanes of at least 4 members (excludes halogenated alkanes) is 1. The van der Waals surface area contributed by atoms with E-state index in [2.05, 4.69) is 74.1 Å². The highest BCUT2D eigenvalue weighted by Gasteiger charge is 2.29. The number of aromatic amines is 1. The number of rotatable bonds is 54. The number of fused-ring (bicyclic) bond motifs is 1. The van der Waals surface area contributed by atoms with E-state index < -0.39 is 108 Å². The van der Waals surface area contributed by atoms with E-state index in [1.807, 2.05) is 59.5 Å². The van der Waals surface area contributed by atoms with Crippen LogP contribution in [-0.4, -0.2) is 240 Å². The molecule has 1 aromatic heterocycles. The molecule has 0 fully saturated rings. The Morgan fingerprint density at radius 1 is 0.339 bits per heavy atom. The zero-order chi connectivity index (χ0) is 84.2. The summed E-state index contributed by atoms with van der Waals surface area (Å²) in [6.07, 6.45) is -2.63. The van der Waals surface area contributed by atoms with Crippen LogP contribution in [0.25, 0.3) is 10.9 Å². The van der Waals surface area contributed by atoms with Gasteiger partial charge >= 0.3 is 24.4 Å². The minimum absolute atomic E-state index is 0. The second kappa shape index (κ2) is 56.3. The monoisotopic (exact) mass is 1660 g/mol. The molecule has 0 saturated carbocycles. The van der Waals surface area contributed by atoms with Gasteiger partial charge in [0.25, 0.3) is 0 Å². The number of benzene rings is 5. The molecule has 37 nitrogen and oxygen atoms in total. The number of hydrogen-bond donors (Lipinski definition) is 18. The van der Waals surface area contributed by atoms with Crippen molar-refractivity contribution in [3.05, 3.63) is 180 Å². The summed E-state index contributed by atoms with van der Waals surface area (Å²) < 4.78 is 21.0. The van der Waals surface area contributed by atoms with Gasteiger partial charge in [0.2, 0.25) is 53.2 Å². The quantitative estimate of drug-likeness (QED) is 0.0175. The SMILES string of the molecule is Cl.NC[C@H](NC(=O)OCc1ccccc1)C(=O)NCCNC(=O)CCN(CCCC[C@@H](C(=O)NCCc1cc2ccccc2[nH]1)N(CCC(=O)NCCNC(=O)[C@H](CN)NC(=O)OCc1ccccc1)CCC(=O)NCCNC(=O)[C@H](CN)NC(=O)OCc1ccccc1)CCC(=O)NCCNC(=O)[C@H](CN)NC(=O)OCc1ccccc1. The van der Waals surface area contributed by atoms with E-state index in [4.69, 9.17) is 41.9 Å². The fraction of sp³-hybridized carbons (Fsp3) is 0.438. The molecule has 0 aliphatic rings. The van der Waals surface area contributed by atoms with Gasteiger partial charge in [-0.05, 0) is 59.2 Å². The standard InChI is InChI=1S/C80H112N20O17.ClH/c81-48-63(95-77(110)114-52-56-17-5-1-6-18-56)72(105)90-38-34-85-68(101)29-43-99(44-30-69(102)86-35-39-91-73(106)64(49-82)96-78(111)115-53-57-19-7-2-8-20-57)42-16-15-27-67(76(109)89-33-28-61-47-60-25-13-14-26-62(60)94-61)100(45-31-70(103)87-36-40-92-74(107)65(50-83)97-79(112)116-54-58-21-9-3-10-22-58)46-32-71(104)88-37-41-93-75(108)66(51-84)98-80(113)117-55-59-23-11-4-12-24-59;/h1-14,17-26,47,63-67,94H,15-16,27-46,48-55,81-84H2,(H,85,101)(H,86,102)(H,87,103)(H,88,104)(H,89,109)(H,90,105)(H,91,106)(H,92,107)(H,93,108)(H,95,110)(H,96,111)(H,97,112)(H,98,113);1H/t63-,64-,65-,66-,67-;/m0./s1. The number of carbonyl (C=O) groups excluding carboxylic acids is 13. The zero-order valence-corrected chi connectivity index (χ0v) is 66.9. The van der Waals surface area contributed by atoms with Gasteiger partial charge in [-0.25, -0.2) is 19.2 Å². The number of ether oxygens (including phenoxy) is 4. The Labute approximate surface area is 691 Å². The van der Waals surface area contributed by atoms with Crippen molar-refractivity contribution in [2.24, 2.45) is 22.9 Å². The number of aromatic nitrogens is 1. The van der Waals surface area contributed by atoms with Gasteiger partial charge in [0.15, 0.2) is 0 Å². The lowest BCUT2D eigenvalue weighted by molar-refractivity contribution is -0.129. The number of hydrogen-bond acceptors (Lipinski definition) is 23. The third-order valence-corrected chi connectivity index (χ3v) is 18.0. The van der Waals surface area contributed by atoms with Crippen molar-refractivity contribution in [1.82, 2.24) is 83.9 Å². The Morgan fingerprint density at radius 2 is 0.636 bits per heavy atom. The fourth-order valence-electron chi connectivity index (χ4n) is 11.6. The maximum absolute atomic E-state index is 14.8. The molecule has 6 aromatic rings. The van der Waals surface area contributed by atoms with Gasteiger partial charge in [-0.2, -0.15) is 0 Å². The molecule has 642 valence electrons. The van der Waals surface area contributed by atoms with Crippen LogP contribution in [0.5, 0.6) is 0 Å². The first-order valence-electron chi connectivity index (χ1n) is 38.9. The number of amides is 13. The summed E-state index contributed by atoms with van der Waals surface area (Å²) >= 11 is 0. The number of nitrogens with one attached hydrogen (secondary N) is 14. The second-order valence-corrected chi connectivity index (χ2v) is 26.9. The molecule has 13 amide bonds. The number of nitrogens with two attached hydrogens (primary N) is 4. The molecule has 0 unspecified atom stereocenters. The predicted octanol–water partition coefficient (Wildman–Crippen LogP) is -0.104. The first-order valence-corrected chi connectivity index (χ1v) is 38.9. The molecule has 5 atom stereocenters. The molecule has 38 heteroatoms. The Morgan fingerprint density at radius 3 is 0.958 bits per heavy atom. The molecule has 1 heterocycles. The number of halogens is 1. The van der Waals surface area contributed by atoms with Crippen molar-refractivity contribution in [1.29, 1.82) is 0 Å². The Hall–Kier alpha value is -12.0. The highest BCUT2D eigenvalue weighted by atomic mass is 35.5. The van der Waals surface area contributed by atoms with Gasteiger partial charge in [0, 0.05) is 155 Å².